The van der Waals surface area contributed by atoms with Gasteiger partial charge in [-0.05, 0) is 30.2 Å². The lowest BCUT2D eigenvalue weighted by Gasteiger charge is -2.16. The van der Waals surface area contributed by atoms with Gasteiger partial charge < -0.3 is 15.0 Å². The SMILES string of the molecule is COc1ccc(CCn2cnc3[nH]c(NC(=O)C(C)(C)C)cc3c2=O)cc1. The minimum Gasteiger partial charge on any atom is -0.497 e. The third kappa shape index (κ3) is 4.19. The van der Waals surface area contributed by atoms with E-state index in [1.54, 1.807) is 17.7 Å². The second-order valence-corrected chi connectivity index (χ2v) is 7.49. The number of nitrogens with one attached hydrogen (secondary N) is 2. The van der Waals surface area contributed by atoms with Gasteiger partial charge in [0, 0.05) is 12.0 Å². The van der Waals surface area contributed by atoms with Crippen molar-refractivity contribution in [3.8, 4) is 5.75 Å². The molecular formula is C20H24N4O3. The predicted octanol–water partition coefficient (Wildman–Crippen LogP) is 2.96. The van der Waals surface area contributed by atoms with E-state index in [9.17, 15) is 9.59 Å². The van der Waals surface area contributed by atoms with E-state index in [1.807, 2.05) is 45.0 Å². The summed E-state index contributed by atoms with van der Waals surface area (Å²) in [7, 11) is 1.63. The molecule has 0 saturated heterocycles. The number of aryl methyl sites for hydroxylation is 2. The maximum absolute atomic E-state index is 12.7. The van der Waals surface area contributed by atoms with E-state index < -0.39 is 5.41 Å². The fourth-order valence-corrected chi connectivity index (χ4v) is 2.62. The van der Waals surface area contributed by atoms with E-state index in [2.05, 4.69) is 15.3 Å². The first-order chi connectivity index (χ1) is 12.8. The van der Waals surface area contributed by atoms with Crippen molar-refractivity contribution in [3.05, 3.63) is 52.6 Å². The molecule has 2 N–H and O–H groups in total. The van der Waals surface area contributed by atoms with Crippen LogP contribution < -0.4 is 15.6 Å². The molecule has 0 aliphatic carbocycles. The summed E-state index contributed by atoms with van der Waals surface area (Å²) < 4.78 is 6.73. The average Bonchev–Trinajstić information content (AvgIpc) is 3.04. The molecule has 0 fully saturated rings. The minimum atomic E-state index is -0.525. The summed E-state index contributed by atoms with van der Waals surface area (Å²) in [6, 6.07) is 9.39. The van der Waals surface area contributed by atoms with Crippen LogP contribution in [-0.4, -0.2) is 27.6 Å². The molecule has 0 unspecified atom stereocenters. The Labute approximate surface area is 157 Å². The molecule has 1 aromatic carbocycles. The Hall–Kier alpha value is -3.09. The average molecular weight is 368 g/mol. The van der Waals surface area contributed by atoms with Crippen LogP contribution in [0.5, 0.6) is 5.75 Å². The molecule has 7 nitrogen and oxygen atoms in total. The number of aromatic amines is 1. The predicted molar refractivity (Wildman–Crippen MR) is 105 cm³/mol. The molecule has 3 rings (SSSR count). The van der Waals surface area contributed by atoms with E-state index >= 15 is 0 Å². The van der Waals surface area contributed by atoms with Crippen molar-refractivity contribution < 1.29 is 9.53 Å². The number of nitrogens with zero attached hydrogens (tertiary/aromatic N) is 2. The molecule has 142 valence electrons. The summed E-state index contributed by atoms with van der Waals surface area (Å²) in [6.07, 6.45) is 2.23. The number of hydrogen-bond donors (Lipinski definition) is 2. The second-order valence-electron chi connectivity index (χ2n) is 7.49. The van der Waals surface area contributed by atoms with Crippen LogP contribution in [0.15, 0.2) is 41.5 Å². The fourth-order valence-electron chi connectivity index (χ4n) is 2.62. The first kappa shape index (κ1) is 18.7. The molecule has 0 saturated carbocycles. The fraction of sp³-hybridized carbons (Fsp3) is 0.350. The summed E-state index contributed by atoms with van der Waals surface area (Å²) in [5, 5.41) is 3.25. The highest BCUT2D eigenvalue weighted by Gasteiger charge is 2.22. The van der Waals surface area contributed by atoms with Gasteiger partial charge in [-0.2, -0.15) is 0 Å². The van der Waals surface area contributed by atoms with Crippen LogP contribution in [-0.2, 0) is 17.8 Å². The van der Waals surface area contributed by atoms with Crippen LogP contribution in [0.3, 0.4) is 0 Å². The lowest BCUT2D eigenvalue weighted by Crippen LogP contribution is -2.27. The highest BCUT2D eigenvalue weighted by Crippen LogP contribution is 2.19. The molecule has 0 aliphatic heterocycles. The van der Waals surface area contributed by atoms with Gasteiger partial charge in [-0.1, -0.05) is 32.9 Å². The van der Waals surface area contributed by atoms with Gasteiger partial charge in [-0.3, -0.25) is 14.2 Å². The molecule has 0 aliphatic rings. The van der Waals surface area contributed by atoms with Gasteiger partial charge in [0.1, 0.15) is 17.2 Å². The zero-order valence-electron chi connectivity index (χ0n) is 16.0. The molecule has 27 heavy (non-hydrogen) atoms. The van der Waals surface area contributed by atoms with Crippen molar-refractivity contribution in [2.24, 2.45) is 5.41 Å². The Morgan fingerprint density at radius 1 is 1.26 bits per heavy atom. The van der Waals surface area contributed by atoms with Gasteiger partial charge in [0.05, 0.1) is 18.8 Å². The normalized spacial score (nSPS) is 11.6. The molecule has 7 heteroatoms. The number of carbonyl (C=O) groups excluding carboxylic acids is 1. The van der Waals surface area contributed by atoms with Gasteiger partial charge in [-0.15, -0.1) is 0 Å². The standard InChI is InChI=1S/C20H24N4O3/c1-20(2,3)19(26)23-16-11-15-17(22-16)21-12-24(18(15)25)10-9-13-5-7-14(27-4)8-6-13/h5-8,11-12,22H,9-10H2,1-4H3,(H,23,26). The number of amides is 1. The number of benzene rings is 1. The van der Waals surface area contributed by atoms with Crippen molar-refractivity contribution in [2.45, 2.75) is 33.7 Å². The number of carbonyl (C=O) groups is 1. The van der Waals surface area contributed by atoms with Crippen LogP contribution in [0, 0.1) is 5.41 Å². The summed E-state index contributed by atoms with van der Waals surface area (Å²) in [4.78, 5) is 32.1. The number of anilines is 1. The molecule has 0 radical (unpaired) electrons. The first-order valence-electron chi connectivity index (χ1n) is 8.80. The van der Waals surface area contributed by atoms with Gasteiger partial charge in [0.25, 0.3) is 5.56 Å². The zero-order valence-corrected chi connectivity index (χ0v) is 16.0. The molecule has 0 atom stereocenters. The number of H-pyrrole nitrogens is 1. The summed E-state index contributed by atoms with van der Waals surface area (Å²) in [5.74, 6) is 1.15. The summed E-state index contributed by atoms with van der Waals surface area (Å²) in [6.45, 7) is 6.00. The highest BCUT2D eigenvalue weighted by atomic mass is 16.5. The molecule has 0 spiro atoms. The molecule has 1 amide bonds. The number of ether oxygens (including phenoxy) is 1. The summed E-state index contributed by atoms with van der Waals surface area (Å²) >= 11 is 0. The van der Waals surface area contributed by atoms with Crippen LogP contribution in [0.25, 0.3) is 11.0 Å². The van der Waals surface area contributed by atoms with Gasteiger partial charge in [0.15, 0.2) is 0 Å². The van der Waals surface area contributed by atoms with E-state index in [0.717, 1.165) is 11.3 Å². The first-order valence-corrected chi connectivity index (χ1v) is 8.80. The lowest BCUT2D eigenvalue weighted by atomic mass is 9.96. The Bertz CT molecular complexity index is 1010. The van der Waals surface area contributed by atoms with E-state index in [1.165, 1.54) is 6.33 Å². The van der Waals surface area contributed by atoms with Crippen molar-refractivity contribution in [3.63, 3.8) is 0 Å². The molecule has 2 heterocycles. The van der Waals surface area contributed by atoms with Crippen LogP contribution in [0.4, 0.5) is 5.82 Å². The molecule has 2 aromatic heterocycles. The van der Waals surface area contributed by atoms with Gasteiger partial charge in [0.2, 0.25) is 5.91 Å². The molecule has 0 bridgehead atoms. The maximum atomic E-state index is 12.7. The molecule has 3 aromatic rings. The third-order valence-electron chi connectivity index (χ3n) is 4.34. The molecular weight excluding hydrogens is 344 g/mol. The van der Waals surface area contributed by atoms with E-state index in [4.69, 9.17) is 4.74 Å². The number of rotatable bonds is 5. The largest absolute Gasteiger partial charge is 0.497 e. The van der Waals surface area contributed by atoms with Crippen molar-refractivity contribution in [2.75, 3.05) is 12.4 Å². The quantitative estimate of drug-likeness (QED) is 0.725. The van der Waals surface area contributed by atoms with Crippen LogP contribution in [0.1, 0.15) is 26.3 Å². The Balaban J connectivity index is 1.78. The number of aromatic nitrogens is 3. The Morgan fingerprint density at radius 2 is 1.96 bits per heavy atom. The number of hydrogen-bond acceptors (Lipinski definition) is 4. The highest BCUT2D eigenvalue weighted by molar-refractivity contribution is 5.95. The minimum absolute atomic E-state index is 0.131. The van der Waals surface area contributed by atoms with Gasteiger partial charge in [-0.25, -0.2) is 4.98 Å². The monoisotopic (exact) mass is 368 g/mol. The van der Waals surface area contributed by atoms with Crippen LogP contribution in [0.2, 0.25) is 0 Å². The summed E-state index contributed by atoms with van der Waals surface area (Å²) in [5.41, 5.74) is 0.907. The topological polar surface area (TPSA) is 89.0 Å². The number of methoxy groups -OCH3 is 1. The Morgan fingerprint density at radius 3 is 2.59 bits per heavy atom. The maximum Gasteiger partial charge on any atom is 0.262 e. The number of fused-ring (bicyclic) bond motifs is 1. The third-order valence-corrected chi connectivity index (χ3v) is 4.34. The van der Waals surface area contributed by atoms with Gasteiger partial charge >= 0.3 is 0 Å². The lowest BCUT2D eigenvalue weighted by molar-refractivity contribution is -0.123. The van der Waals surface area contributed by atoms with Crippen molar-refractivity contribution >= 4 is 22.8 Å². The second kappa shape index (κ2) is 7.26. The van der Waals surface area contributed by atoms with E-state index in [-0.39, 0.29) is 11.5 Å². The van der Waals surface area contributed by atoms with Crippen molar-refractivity contribution in [1.29, 1.82) is 0 Å². The smallest absolute Gasteiger partial charge is 0.262 e. The van der Waals surface area contributed by atoms with Crippen molar-refractivity contribution in [1.82, 2.24) is 14.5 Å². The van der Waals surface area contributed by atoms with Crippen LogP contribution >= 0.6 is 0 Å². The Kier molecular flexibility index (Phi) is 5.03. The zero-order chi connectivity index (χ0) is 19.6. The van der Waals surface area contributed by atoms with E-state index in [0.29, 0.717) is 29.8 Å².